The zero-order valence-corrected chi connectivity index (χ0v) is 17.7. The van der Waals surface area contributed by atoms with Crippen molar-refractivity contribution < 1.29 is 18.1 Å². The predicted octanol–water partition coefficient (Wildman–Crippen LogP) is 3.36. The molecule has 0 amide bonds. The smallest absolute Gasteiger partial charge is 0.274 e. The van der Waals surface area contributed by atoms with E-state index in [0.29, 0.717) is 18.8 Å². The molecule has 6 nitrogen and oxygen atoms in total. The van der Waals surface area contributed by atoms with Crippen molar-refractivity contribution in [2.24, 2.45) is 0 Å². The molecule has 0 spiro atoms. The molecule has 1 N–H and O–H groups in total. The average Bonchev–Trinajstić information content (AvgIpc) is 2.75. The minimum absolute atomic E-state index is 0.224. The molecule has 2 aromatic carbocycles. The summed E-state index contributed by atoms with van der Waals surface area (Å²) < 4.78 is 32.8. The molecular weight excluding hydrogens is 386 g/mol. The van der Waals surface area contributed by atoms with Crippen LogP contribution in [0.1, 0.15) is 12.5 Å². The lowest BCUT2D eigenvalue weighted by Crippen LogP contribution is -2.32. The lowest BCUT2D eigenvalue weighted by molar-refractivity contribution is -0.367. The highest BCUT2D eigenvalue weighted by Gasteiger charge is 2.25. The third-order valence-electron chi connectivity index (χ3n) is 4.65. The highest BCUT2D eigenvalue weighted by molar-refractivity contribution is 7.92. The molecule has 1 heterocycles. The van der Waals surface area contributed by atoms with Crippen molar-refractivity contribution >= 4 is 21.5 Å². The molecule has 0 aliphatic rings. The number of methoxy groups -OCH3 is 1. The number of ether oxygens (including phenoxy) is 1. The van der Waals surface area contributed by atoms with Gasteiger partial charge in [-0.3, -0.25) is 9.21 Å². The molecular formula is C22H26N3O3S+. The lowest BCUT2D eigenvalue weighted by atomic mass is 10.2. The maximum atomic E-state index is 13.1. The number of aromatic amines is 1. The van der Waals surface area contributed by atoms with Crippen molar-refractivity contribution in [3.63, 3.8) is 0 Å². The van der Waals surface area contributed by atoms with E-state index in [0.717, 1.165) is 17.1 Å². The lowest BCUT2D eigenvalue weighted by Gasteiger charge is -2.22. The quantitative estimate of drug-likeness (QED) is 0.569. The van der Waals surface area contributed by atoms with Gasteiger partial charge in [-0.1, -0.05) is 30.3 Å². The number of nitrogens with one attached hydrogen (secondary N) is 1. The van der Waals surface area contributed by atoms with E-state index < -0.39 is 10.0 Å². The minimum atomic E-state index is -3.65. The maximum Gasteiger partial charge on any atom is 0.274 e. The Morgan fingerprint density at radius 2 is 1.76 bits per heavy atom. The highest BCUT2D eigenvalue weighted by Crippen LogP contribution is 2.23. The number of aromatic nitrogens is 1. The summed E-state index contributed by atoms with van der Waals surface area (Å²) in [6.07, 6.45) is 1.54. The van der Waals surface area contributed by atoms with E-state index in [1.807, 2.05) is 61.3 Å². The fourth-order valence-corrected chi connectivity index (χ4v) is 4.58. The number of rotatable bonds is 8. The maximum absolute atomic E-state index is 13.1. The van der Waals surface area contributed by atoms with Gasteiger partial charge >= 0.3 is 0 Å². The van der Waals surface area contributed by atoms with Gasteiger partial charge in [-0.2, -0.15) is 0 Å². The SMILES string of the molecule is CCN(c1ccccc1)S(=O)(=O)c1ccc(N(C)Cc2cccc(OC)c2)[nH+]c1. The summed E-state index contributed by atoms with van der Waals surface area (Å²) >= 11 is 0. The van der Waals surface area contributed by atoms with E-state index in [-0.39, 0.29) is 4.90 Å². The molecule has 0 saturated carbocycles. The Labute approximate surface area is 172 Å². The number of sulfonamides is 1. The molecule has 0 radical (unpaired) electrons. The Balaban J connectivity index is 1.79. The standard InChI is InChI=1S/C22H25N3O3S/c1-4-25(19-10-6-5-7-11-19)29(26,27)21-13-14-22(23-16-21)24(2)17-18-9-8-12-20(15-18)28-3/h5-16H,4,17H2,1-3H3/p+1. The second-order valence-electron chi connectivity index (χ2n) is 6.62. The monoisotopic (exact) mass is 412 g/mol. The fraction of sp³-hybridized carbons (Fsp3) is 0.227. The Hall–Kier alpha value is -3.06. The average molecular weight is 413 g/mol. The summed E-state index contributed by atoms with van der Waals surface area (Å²) in [5, 5.41) is 0. The number of nitrogens with zero attached hydrogens (tertiary/aromatic N) is 2. The highest BCUT2D eigenvalue weighted by atomic mass is 32.2. The number of hydrogen-bond donors (Lipinski definition) is 0. The molecule has 0 saturated heterocycles. The zero-order valence-electron chi connectivity index (χ0n) is 16.9. The van der Waals surface area contributed by atoms with Crippen LogP contribution in [0.25, 0.3) is 0 Å². The van der Waals surface area contributed by atoms with Crippen molar-refractivity contribution in [2.45, 2.75) is 18.4 Å². The summed E-state index contributed by atoms with van der Waals surface area (Å²) in [6, 6.07) is 20.4. The molecule has 0 atom stereocenters. The summed E-state index contributed by atoms with van der Waals surface area (Å²) in [7, 11) is -0.0576. The third kappa shape index (κ3) is 4.68. The molecule has 0 aliphatic heterocycles. The molecule has 152 valence electrons. The molecule has 0 unspecified atom stereocenters. The topological polar surface area (TPSA) is 64.0 Å². The first-order chi connectivity index (χ1) is 14.0. The van der Waals surface area contributed by atoms with Crippen molar-refractivity contribution in [1.82, 2.24) is 0 Å². The van der Waals surface area contributed by atoms with Crippen molar-refractivity contribution in [2.75, 3.05) is 29.9 Å². The van der Waals surface area contributed by atoms with Gasteiger partial charge < -0.3 is 4.74 Å². The van der Waals surface area contributed by atoms with Crippen LogP contribution in [-0.4, -0.2) is 29.1 Å². The third-order valence-corrected chi connectivity index (χ3v) is 6.55. The molecule has 3 rings (SSSR count). The van der Waals surface area contributed by atoms with Crippen LogP contribution in [0, 0.1) is 0 Å². The molecule has 1 aromatic heterocycles. The number of H-pyrrole nitrogens is 1. The van der Waals surface area contributed by atoms with Gasteiger partial charge in [0.2, 0.25) is 0 Å². The van der Waals surface area contributed by atoms with Crippen LogP contribution in [0.5, 0.6) is 5.75 Å². The van der Waals surface area contributed by atoms with E-state index in [4.69, 9.17) is 4.74 Å². The number of anilines is 2. The molecule has 0 fully saturated rings. The molecule has 0 bridgehead atoms. The van der Waals surface area contributed by atoms with E-state index in [1.54, 1.807) is 37.6 Å². The summed E-state index contributed by atoms with van der Waals surface area (Å²) in [5.41, 5.74) is 1.74. The van der Waals surface area contributed by atoms with Crippen LogP contribution in [-0.2, 0) is 16.6 Å². The van der Waals surface area contributed by atoms with Gasteiger partial charge in [0.25, 0.3) is 15.8 Å². The van der Waals surface area contributed by atoms with Crippen molar-refractivity contribution in [1.29, 1.82) is 0 Å². The Bertz CT molecular complexity index is 1040. The van der Waals surface area contributed by atoms with Gasteiger partial charge in [0.1, 0.15) is 23.4 Å². The van der Waals surface area contributed by atoms with Crippen LogP contribution in [0.4, 0.5) is 11.5 Å². The normalized spacial score (nSPS) is 11.1. The number of benzene rings is 2. The second-order valence-corrected chi connectivity index (χ2v) is 8.48. The van der Waals surface area contributed by atoms with Gasteiger partial charge in [0.15, 0.2) is 0 Å². The summed E-state index contributed by atoms with van der Waals surface area (Å²) in [6.45, 7) is 2.83. The van der Waals surface area contributed by atoms with Crippen LogP contribution >= 0.6 is 0 Å². The predicted molar refractivity (Wildman–Crippen MR) is 115 cm³/mol. The number of para-hydroxylation sites is 1. The van der Waals surface area contributed by atoms with Crippen LogP contribution < -0.4 is 18.9 Å². The number of pyridine rings is 1. The van der Waals surface area contributed by atoms with E-state index in [1.165, 1.54) is 4.31 Å². The summed E-state index contributed by atoms with van der Waals surface area (Å²) in [4.78, 5) is 5.35. The van der Waals surface area contributed by atoms with E-state index >= 15 is 0 Å². The Kier molecular flexibility index (Phi) is 6.39. The Morgan fingerprint density at radius 1 is 1.00 bits per heavy atom. The minimum Gasteiger partial charge on any atom is -0.497 e. The van der Waals surface area contributed by atoms with Gasteiger partial charge in [-0.05, 0) is 42.8 Å². The van der Waals surface area contributed by atoms with Crippen LogP contribution in [0.3, 0.4) is 0 Å². The summed E-state index contributed by atoms with van der Waals surface area (Å²) in [5.74, 6) is 1.62. The number of hydrogen-bond acceptors (Lipinski definition) is 4. The van der Waals surface area contributed by atoms with Crippen LogP contribution in [0.2, 0.25) is 0 Å². The zero-order chi connectivity index (χ0) is 20.9. The van der Waals surface area contributed by atoms with Crippen LogP contribution in [0.15, 0.2) is 77.8 Å². The fourth-order valence-electron chi connectivity index (χ4n) is 3.14. The molecule has 3 aromatic rings. The first kappa shape index (κ1) is 20.7. The van der Waals surface area contributed by atoms with Gasteiger partial charge in [0.05, 0.1) is 19.8 Å². The van der Waals surface area contributed by atoms with Gasteiger partial charge in [-0.25, -0.2) is 13.4 Å². The van der Waals surface area contributed by atoms with Crippen molar-refractivity contribution in [3.05, 3.63) is 78.5 Å². The Morgan fingerprint density at radius 3 is 2.38 bits per heavy atom. The van der Waals surface area contributed by atoms with Gasteiger partial charge in [-0.15, -0.1) is 0 Å². The molecule has 7 heteroatoms. The van der Waals surface area contributed by atoms with E-state index in [2.05, 4.69) is 4.98 Å². The first-order valence-corrected chi connectivity index (χ1v) is 10.8. The van der Waals surface area contributed by atoms with Crippen molar-refractivity contribution in [3.8, 4) is 5.75 Å². The van der Waals surface area contributed by atoms with E-state index in [9.17, 15) is 8.42 Å². The first-order valence-electron chi connectivity index (χ1n) is 9.39. The second kappa shape index (κ2) is 8.96. The molecule has 0 aliphatic carbocycles. The largest absolute Gasteiger partial charge is 0.497 e. The molecule has 29 heavy (non-hydrogen) atoms. The van der Waals surface area contributed by atoms with Gasteiger partial charge in [0, 0.05) is 12.6 Å².